The van der Waals surface area contributed by atoms with E-state index in [-0.39, 0.29) is 17.4 Å². The van der Waals surface area contributed by atoms with Gasteiger partial charge in [0.1, 0.15) is 11.6 Å². The Bertz CT molecular complexity index is 357. The first-order valence-electron chi connectivity index (χ1n) is 5.35. The minimum Gasteiger partial charge on any atom is -0.314 e. The van der Waals surface area contributed by atoms with Crippen LogP contribution < -0.4 is 5.32 Å². The highest BCUT2D eigenvalue weighted by atomic mass is 19.1. The second-order valence-corrected chi connectivity index (χ2v) is 4.15. The van der Waals surface area contributed by atoms with Crippen LogP contribution in [-0.4, -0.2) is 12.6 Å². The van der Waals surface area contributed by atoms with Gasteiger partial charge in [-0.05, 0) is 44.4 Å². The van der Waals surface area contributed by atoms with E-state index in [1.54, 1.807) is 6.92 Å². The van der Waals surface area contributed by atoms with E-state index in [0.29, 0.717) is 12.0 Å². The van der Waals surface area contributed by atoms with Crippen molar-refractivity contribution in [1.29, 1.82) is 0 Å². The third-order valence-electron chi connectivity index (χ3n) is 2.99. The molecule has 0 bridgehead atoms. The van der Waals surface area contributed by atoms with E-state index < -0.39 is 5.82 Å². The molecule has 15 heavy (non-hydrogen) atoms. The molecule has 1 aromatic rings. The third-order valence-corrected chi connectivity index (χ3v) is 2.99. The molecule has 1 fully saturated rings. The van der Waals surface area contributed by atoms with Gasteiger partial charge in [-0.2, -0.15) is 0 Å². The van der Waals surface area contributed by atoms with Crippen molar-refractivity contribution in [1.82, 2.24) is 5.32 Å². The molecule has 0 aromatic heterocycles. The van der Waals surface area contributed by atoms with Gasteiger partial charge in [0.05, 0.1) is 0 Å². The molecule has 0 aliphatic carbocycles. The van der Waals surface area contributed by atoms with Crippen LogP contribution in [0.1, 0.15) is 24.0 Å². The van der Waals surface area contributed by atoms with Crippen LogP contribution in [0.25, 0.3) is 0 Å². The van der Waals surface area contributed by atoms with Gasteiger partial charge in [-0.1, -0.05) is 6.07 Å². The average molecular weight is 211 g/mol. The molecule has 1 saturated heterocycles. The number of hydrogen-bond donors (Lipinski definition) is 1. The molecular weight excluding hydrogens is 196 g/mol. The summed E-state index contributed by atoms with van der Waals surface area (Å²) in [6, 6.07) is 3.06. The summed E-state index contributed by atoms with van der Waals surface area (Å²) in [5.41, 5.74) is 0.749. The van der Waals surface area contributed by atoms with Gasteiger partial charge in [0, 0.05) is 11.6 Å². The van der Waals surface area contributed by atoms with Gasteiger partial charge >= 0.3 is 0 Å². The molecule has 82 valence electrons. The molecule has 0 spiro atoms. The van der Waals surface area contributed by atoms with E-state index in [1.807, 2.05) is 0 Å². The fraction of sp³-hybridized carbons (Fsp3) is 0.500. The van der Waals surface area contributed by atoms with E-state index in [4.69, 9.17) is 0 Å². The number of nitrogens with one attached hydrogen (secondary N) is 1. The summed E-state index contributed by atoms with van der Waals surface area (Å²) in [5, 5.41) is 3.25. The molecule has 2 rings (SSSR count). The SMILES string of the molecule is Cc1ccc(F)c(CC2CCCN2)c1F. The second-order valence-electron chi connectivity index (χ2n) is 4.15. The van der Waals surface area contributed by atoms with E-state index in [1.165, 1.54) is 12.1 Å². The van der Waals surface area contributed by atoms with Crippen molar-refractivity contribution in [3.8, 4) is 0 Å². The Labute approximate surface area is 88.5 Å². The van der Waals surface area contributed by atoms with Gasteiger partial charge in [0.25, 0.3) is 0 Å². The van der Waals surface area contributed by atoms with Crippen LogP contribution in [0.4, 0.5) is 8.78 Å². The summed E-state index contributed by atoms with van der Waals surface area (Å²) in [7, 11) is 0. The summed E-state index contributed by atoms with van der Waals surface area (Å²) >= 11 is 0. The van der Waals surface area contributed by atoms with Crippen molar-refractivity contribution in [3.05, 3.63) is 34.9 Å². The van der Waals surface area contributed by atoms with Crippen LogP contribution in [0.5, 0.6) is 0 Å². The highest BCUT2D eigenvalue weighted by Gasteiger charge is 2.19. The summed E-state index contributed by atoms with van der Waals surface area (Å²) < 4.78 is 27.1. The van der Waals surface area contributed by atoms with Gasteiger partial charge in [-0.15, -0.1) is 0 Å². The molecule has 1 aliphatic rings. The van der Waals surface area contributed by atoms with Crippen molar-refractivity contribution < 1.29 is 8.78 Å². The topological polar surface area (TPSA) is 12.0 Å². The smallest absolute Gasteiger partial charge is 0.132 e. The van der Waals surface area contributed by atoms with E-state index >= 15 is 0 Å². The molecule has 3 heteroatoms. The van der Waals surface area contributed by atoms with Gasteiger partial charge in [-0.3, -0.25) is 0 Å². The number of rotatable bonds is 2. The van der Waals surface area contributed by atoms with Gasteiger partial charge in [0.15, 0.2) is 0 Å². The molecule has 1 unspecified atom stereocenters. The molecule has 0 amide bonds. The maximum atomic E-state index is 13.6. The highest BCUT2D eigenvalue weighted by molar-refractivity contribution is 5.27. The summed E-state index contributed by atoms with van der Waals surface area (Å²) in [4.78, 5) is 0. The first kappa shape index (κ1) is 10.6. The Morgan fingerprint density at radius 3 is 2.87 bits per heavy atom. The van der Waals surface area contributed by atoms with E-state index in [0.717, 1.165) is 19.4 Å². The largest absolute Gasteiger partial charge is 0.314 e. The van der Waals surface area contributed by atoms with Crippen LogP contribution in [0, 0.1) is 18.6 Å². The molecule has 1 aliphatic heterocycles. The molecule has 1 atom stereocenters. The van der Waals surface area contributed by atoms with Crippen LogP contribution >= 0.6 is 0 Å². The average Bonchev–Trinajstić information content (AvgIpc) is 2.71. The Morgan fingerprint density at radius 1 is 1.40 bits per heavy atom. The zero-order chi connectivity index (χ0) is 10.8. The lowest BCUT2D eigenvalue weighted by Gasteiger charge is -2.12. The number of halogens is 2. The Balaban J connectivity index is 2.22. The van der Waals surface area contributed by atoms with E-state index in [9.17, 15) is 8.78 Å². The van der Waals surface area contributed by atoms with Crippen LogP contribution in [0.15, 0.2) is 12.1 Å². The zero-order valence-corrected chi connectivity index (χ0v) is 8.82. The summed E-state index contributed by atoms with van der Waals surface area (Å²) in [5.74, 6) is -0.810. The van der Waals surface area contributed by atoms with Crippen LogP contribution in [0.2, 0.25) is 0 Å². The normalized spacial score (nSPS) is 20.9. The van der Waals surface area contributed by atoms with Crippen molar-refractivity contribution in [2.75, 3.05) is 6.54 Å². The lowest BCUT2D eigenvalue weighted by Crippen LogP contribution is -2.24. The van der Waals surface area contributed by atoms with E-state index in [2.05, 4.69) is 5.32 Å². The predicted octanol–water partition coefficient (Wildman–Crippen LogP) is 2.57. The van der Waals surface area contributed by atoms with Crippen molar-refractivity contribution >= 4 is 0 Å². The molecule has 1 nitrogen and oxygen atoms in total. The molecule has 0 saturated carbocycles. The Kier molecular flexibility index (Phi) is 3.00. The molecule has 1 aromatic carbocycles. The number of hydrogen-bond acceptors (Lipinski definition) is 1. The molecule has 1 heterocycles. The van der Waals surface area contributed by atoms with Crippen molar-refractivity contribution in [2.24, 2.45) is 0 Å². The Hall–Kier alpha value is -0.960. The molecule has 0 radical (unpaired) electrons. The van der Waals surface area contributed by atoms with Crippen molar-refractivity contribution in [3.63, 3.8) is 0 Å². The molecular formula is C12H15F2N. The lowest BCUT2D eigenvalue weighted by molar-refractivity contribution is 0.515. The van der Waals surface area contributed by atoms with Gasteiger partial charge in [-0.25, -0.2) is 8.78 Å². The minimum absolute atomic E-state index is 0.231. The fourth-order valence-corrected chi connectivity index (χ4v) is 2.08. The minimum atomic E-state index is -0.424. The Morgan fingerprint density at radius 2 is 2.20 bits per heavy atom. The van der Waals surface area contributed by atoms with Crippen molar-refractivity contribution in [2.45, 2.75) is 32.2 Å². The lowest BCUT2D eigenvalue weighted by atomic mass is 10.0. The zero-order valence-electron chi connectivity index (χ0n) is 8.82. The standard InChI is InChI=1S/C12H15F2N/c1-8-4-5-11(13)10(12(8)14)7-9-3-2-6-15-9/h4-5,9,15H,2-3,6-7H2,1H3. The molecule has 1 N–H and O–H groups in total. The fourth-order valence-electron chi connectivity index (χ4n) is 2.08. The van der Waals surface area contributed by atoms with Crippen LogP contribution in [-0.2, 0) is 6.42 Å². The second kappa shape index (κ2) is 4.27. The number of benzene rings is 1. The van der Waals surface area contributed by atoms with Gasteiger partial charge < -0.3 is 5.32 Å². The van der Waals surface area contributed by atoms with Crippen LogP contribution in [0.3, 0.4) is 0 Å². The maximum absolute atomic E-state index is 13.6. The number of aryl methyl sites for hydroxylation is 1. The monoisotopic (exact) mass is 211 g/mol. The van der Waals surface area contributed by atoms with Gasteiger partial charge in [0.2, 0.25) is 0 Å². The highest BCUT2D eigenvalue weighted by Crippen LogP contribution is 2.20. The maximum Gasteiger partial charge on any atom is 0.132 e. The predicted molar refractivity (Wildman–Crippen MR) is 55.8 cm³/mol. The third kappa shape index (κ3) is 2.17. The summed E-state index contributed by atoms with van der Waals surface area (Å²) in [6.45, 7) is 2.63. The first-order chi connectivity index (χ1) is 7.18. The summed E-state index contributed by atoms with van der Waals surface area (Å²) in [6.07, 6.45) is 2.56. The quantitative estimate of drug-likeness (QED) is 0.792. The first-order valence-corrected chi connectivity index (χ1v) is 5.35.